The molecular weight excluding hydrogens is 749 g/mol. The number of rotatable bonds is 36. The lowest BCUT2D eigenvalue weighted by Gasteiger charge is -2.39. The Morgan fingerprint density at radius 1 is 0.593 bits per heavy atom. The molecule has 1 rings (SSSR count). The number of esters is 2. The van der Waals surface area contributed by atoms with E-state index in [1.165, 1.54) is 32.1 Å². The van der Waals surface area contributed by atoms with Crippen molar-refractivity contribution in [1.29, 1.82) is 0 Å². The molecule has 1 saturated heterocycles. The molecule has 1 fully saturated rings. The van der Waals surface area contributed by atoms with Gasteiger partial charge in [0.05, 0.1) is 13.2 Å². The molecule has 59 heavy (non-hydrogen) atoms. The van der Waals surface area contributed by atoms with Crippen LogP contribution in [-0.2, 0) is 28.5 Å². The van der Waals surface area contributed by atoms with Crippen LogP contribution in [0.3, 0.4) is 0 Å². The first-order valence-corrected chi connectivity index (χ1v) is 22.7. The normalized spacial score (nSPS) is 20.3. The summed E-state index contributed by atoms with van der Waals surface area (Å²) in [6, 6.07) is 0. The molecule has 0 aromatic heterocycles. The summed E-state index contributed by atoms with van der Waals surface area (Å²) >= 11 is 0. The molecule has 0 aromatic carbocycles. The van der Waals surface area contributed by atoms with Crippen LogP contribution in [0.2, 0.25) is 0 Å². The summed E-state index contributed by atoms with van der Waals surface area (Å²) in [5.41, 5.74) is 3.29. The van der Waals surface area contributed by atoms with Gasteiger partial charge in [-0.25, -0.2) is 0 Å². The zero-order chi connectivity index (χ0) is 43.0. The summed E-state index contributed by atoms with van der Waals surface area (Å²) in [5.74, 6) is -0.872. The highest BCUT2D eigenvalue weighted by atomic mass is 16.7. The Labute approximate surface area is 356 Å². The first-order valence-electron chi connectivity index (χ1n) is 22.7. The molecule has 0 aliphatic carbocycles. The van der Waals surface area contributed by atoms with Gasteiger partial charge in [-0.1, -0.05) is 126 Å². The molecule has 0 bridgehead atoms. The number of hydrogen-bond acceptors (Lipinski definition) is 10. The Morgan fingerprint density at radius 3 is 1.69 bits per heavy atom. The van der Waals surface area contributed by atoms with Gasteiger partial charge in [-0.05, 0) is 95.6 Å². The van der Waals surface area contributed by atoms with Crippen LogP contribution >= 0.6 is 0 Å². The number of aliphatic hydroxyl groups is 4. The summed E-state index contributed by atoms with van der Waals surface area (Å²) in [6.07, 6.45) is 39.7. The second-order valence-corrected chi connectivity index (χ2v) is 15.2. The predicted molar refractivity (Wildman–Crippen MR) is 236 cm³/mol. The van der Waals surface area contributed by atoms with Gasteiger partial charge in [-0.3, -0.25) is 9.59 Å². The smallest absolute Gasteiger partial charge is 0.306 e. The van der Waals surface area contributed by atoms with Crippen molar-refractivity contribution in [2.24, 2.45) is 0 Å². The maximum absolute atomic E-state index is 12.8. The minimum absolute atomic E-state index is 0.198. The second-order valence-electron chi connectivity index (χ2n) is 15.2. The fourth-order valence-electron chi connectivity index (χ4n) is 6.25. The number of hydrogen-bond donors (Lipinski definition) is 4. The SMILES string of the molecule is CC/C=C/C/C=C/C/C=C/C/C=C/C/C=C/CCCCCC(=O)OC[C@@H](CO[C@H]1O[C@@H](CO)[C@@H](O)C(O)C1O)OC(=O)CCCCCCCC=C=CCCCCCCC. The van der Waals surface area contributed by atoms with Crippen molar-refractivity contribution in [2.75, 3.05) is 19.8 Å². The monoisotopic (exact) mass is 829 g/mol. The van der Waals surface area contributed by atoms with Crippen LogP contribution in [0.25, 0.3) is 0 Å². The number of ether oxygens (including phenoxy) is 4. The van der Waals surface area contributed by atoms with Crippen LogP contribution in [0.1, 0.15) is 162 Å². The maximum atomic E-state index is 12.8. The van der Waals surface area contributed by atoms with Crippen LogP contribution < -0.4 is 0 Å². The van der Waals surface area contributed by atoms with Gasteiger partial charge in [0.25, 0.3) is 0 Å². The third kappa shape index (κ3) is 30.6. The van der Waals surface area contributed by atoms with E-state index in [2.05, 4.69) is 92.5 Å². The van der Waals surface area contributed by atoms with E-state index in [0.29, 0.717) is 12.8 Å². The predicted octanol–water partition coefficient (Wildman–Crippen LogP) is 9.76. The van der Waals surface area contributed by atoms with E-state index in [1.807, 2.05) is 0 Å². The molecule has 0 spiro atoms. The van der Waals surface area contributed by atoms with E-state index in [1.54, 1.807) is 0 Å². The van der Waals surface area contributed by atoms with Crippen molar-refractivity contribution in [2.45, 2.75) is 198 Å². The van der Waals surface area contributed by atoms with Crippen molar-refractivity contribution in [3.63, 3.8) is 0 Å². The fraction of sp³-hybridized carbons (Fsp3) is 0.694. The summed E-state index contributed by atoms with van der Waals surface area (Å²) in [6.45, 7) is 3.22. The number of carbonyl (C=O) groups is 2. The van der Waals surface area contributed by atoms with Gasteiger partial charge in [-0.15, -0.1) is 5.73 Å². The van der Waals surface area contributed by atoms with Gasteiger partial charge in [0.15, 0.2) is 12.4 Å². The zero-order valence-electron chi connectivity index (χ0n) is 36.5. The lowest BCUT2D eigenvalue weighted by molar-refractivity contribution is -0.305. The molecule has 1 aliphatic heterocycles. The van der Waals surface area contributed by atoms with Crippen LogP contribution in [0.4, 0.5) is 0 Å². The number of unbranched alkanes of at least 4 members (excludes halogenated alkanes) is 13. The van der Waals surface area contributed by atoms with Gasteiger partial charge >= 0.3 is 11.9 Å². The van der Waals surface area contributed by atoms with Gasteiger partial charge in [0.1, 0.15) is 31.0 Å². The van der Waals surface area contributed by atoms with E-state index in [0.717, 1.165) is 89.9 Å². The third-order valence-electron chi connectivity index (χ3n) is 9.85. The molecule has 6 atom stereocenters. The van der Waals surface area contributed by atoms with E-state index in [4.69, 9.17) is 18.9 Å². The molecule has 336 valence electrons. The average molecular weight is 829 g/mol. The van der Waals surface area contributed by atoms with Crippen molar-refractivity contribution < 1.29 is 49.0 Å². The van der Waals surface area contributed by atoms with Gasteiger partial charge in [0.2, 0.25) is 0 Å². The van der Waals surface area contributed by atoms with Gasteiger partial charge in [0, 0.05) is 12.8 Å². The Kier molecular flexibility index (Phi) is 35.7. The second kappa shape index (κ2) is 39.1. The van der Waals surface area contributed by atoms with E-state index in [-0.39, 0.29) is 26.1 Å². The third-order valence-corrected chi connectivity index (χ3v) is 9.85. The first kappa shape index (κ1) is 53.9. The molecule has 0 saturated carbocycles. The molecule has 0 aromatic rings. The number of allylic oxidation sites excluding steroid dienone is 11. The van der Waals surface area contributed by atoms with Gasteiger partial charge in [-0.2, -0.15) is 0 Å². The Hall–Kier alpha value is -3.08. The molecule has 10 heteroatoms. The minimum atomic E-state index is -1.61. The molecule has 1 heterocycles. The van der Waals surface area contributed by atoms with Crippen LogP contribution in [0, 0.1) is 0 Å². The van der Waals surface area contributed by atoms with Crippen LogP contribution in [0.15, 0.2) is 78.6 Å². The Morgan fingerprint density at radius 2 is 1.10 bits per heavy atom. The summed E-state index contributed by atoms with van der Waals surface area (Å²) < 4.78 is 22.1. The molecule has 10 nitrogen and oxygen atoms in total. The van der Waals surface area contributed by atoms with Crippen LogP contribution in [0.5, 0.6) is 0 Å². The lowest BCUT2D eigenvalue weighted by atomic mass is 9.99. The zero-order valence-corrected chi connectivity index (χ0v) is 36.5. The topological polar surface area (TPSA) is 152 Å². The quantitative estimate of drug-likeness (QED) is 0.0208. The molecule has 0 radical (unpaired) electrons. The van der Waals surface area contributed by atoms with E-state index >= 15 is 0 Å². The lowest BCUT2D eigenvalue weighted by Crippen LogP contribution is -2.59. The Balaban J connectivity index is 2.38. The highest BCUT2D eigenvalue weighted by molar-refractivity contribution is 5.70. The average Bonchev–Trinajstić information content (AvgIpc) is 3.23. The van der Waals surface area contributed by atoms with E-state index in [9.17, 15) is 30.0 Å². The van der Waals surface area contributed by atoms with Crippen molar-refractivity contribution in [1.82, 2.24) is 0 Å². The summed E-state index contributed by atoms with van der Waals surface area (Å²) in [4.78, 5) is 25.3. The highest BCUT2D eigenvalue weighted by Crippen LogP contribution is 2.22. The fourth-order valence-corrected chi connectivity index (χ4v) is 6.25. The molecule has 1 aliphatic rings. The minimum Gasteiger partial charge on any atom is -0.462 e. The summed E-state index contributed by atoms with van der Waals surface area (Å²) in [7, 11) is 0. The maximum Gasteiger partial charge on any atom is 0.306 e. The largest absolute Gasteiger partial charge is 0.462 e. The Bertz CT molecular complexity index is 1250. The van der Waals surface area contributed by atoms with Crippen LogP contribution in [-0.4, -0.2) is 89.0 Å². The highest BCUT2D eigenvalue weighted by Gasteiger charge is 2.44. The first-order chi connectivity index (χ1) is 28.8. The molecular formula is C49H80O10. The molecule has 4 N–H and O–H groups in total. The van der Waals surface area contributed by atoms with Crippen molar-refractivity contribution >= 4 is 11.9 Å². The number of carbonyl (C=O) groups excluding carboxylic acids is 2. The standard InChI is InChI=1S/C49H80O10/c1-3-5-7-9-11-13-15-17-19-20-21-22-24-25-27-29-31-33-35-37-44(51)56-40-42(41-57-49-48(55)47(54)46(53)43(39-50)59-49)58-45(52)38-36-34-32-30-28-26-23-18-16-14-12-10-8-6-4-2/h5,7,11,13,16-17,19,21-23,25,27,42-43,46-50,53-55H,3-4,6,8-10,12,14-15,20,24,26,28-41H2,1-2H3/b7-5+,13-11+,19-17+,22-21+,27-25+/t18?,42-,43-,46+,47?,48?,49-/m0/s1. The van der Waals surface area contributed by atoms with Gasteiger partial charge < -0.3 is 39.4 Å². The van der Waals surface area contributed by atoms with E-state index < -0.39 is 55.4 Å². The molecule has 2 unspecified atom stereocenters. The van der Waals surface area contributed by atoms with Crippen molar-refractivity contribution in [3.8, 4) is 0 Å². The summed E-state index contributed by atoms with van der Waals surface area (Å²) in [5, 5.41) is 40.1. The van der Waals surface area contributed by atoms with Crippen molar-refractivity contribution in [3.05, 3.63) is 78.6 Å². The number of aliphatic hydroxyl groups excluding tert-OH is 4. The molecule has 0 amide bonds.